The van der Waals surface area contributed by atoms with Gasteiger partial charge in [0, 0.05) is 38.7 Å². The third kappa shape index (κ3) is 4.48. The maximum atomic E-state index is 3.66. The van der Waals surface area contributed by atoms with Crippen LogP contribution < -0.4 is 4.90 Å². The maximum absolute atomic E-state index is 3.66. The molecular formula is C36H34N2. The number of fused-ring (bicyclic) bond motifs is 3. The van der Waals surface area contributed by atoms with Crippen LogP contribution >= 0.6 is 0 Å². The molecular weight excluding hydrogens is 460 g/mol. The maximum Gasteiger partial charge on any atom is 0.0540 e. The van der Waals surface area contributed by atoms with E-state index in [0.29, 0.717) is 5.92 Å². The van der Waals surface area contributed by atoms with Crippen LogP contribution in [0.1, 0.15) is 44.6 Å². The highest BCUT2D eigenvalue weighted by Gasteiger charge is 2.18. The van der Waals surface area contributed by atoms with Crippen molar-refractivity contribution in [2.45, 2.75) is 39.0 Å². The van der Waals surface area contributed by atoms with Crippen molar-refractivity contribution in [2.75, 3.05) is 4.90 Å². The van der Waals surface area contributed by atoms with Crippen LogP contribution in [0.25, 0.3) is 32.9 Å². The third-order valence-electron chi connectivity index (χ3n) is 7.71. The Bertz CT molecular complexity index is 1660. The van der Waals surface area contributed by atoms with Gasteiger partial charge in [-0.3, -0.25) is 0 Å². The summed E-state index contributed by atoms with van der Waals surface area (Å²) in [5, 5.41) is 2.57. The fourth-order valence-electron chi connectivity index (χ4n) is 5.79. The average molecular weight is 495 g/mol. The molecule has 6 aromatic rings. The van der Waals surface area contributed by atoms with Crippen molar-refractivity contribution in [2.24, 2.45) is 0 Å². The molecule has 1 N–H and O–H groups in total. The van der Waals surface area contributed by atoms with E-state index in [9.17, 15) is 0 Å². The lowest BCUT2D eigenvalue weighted by Gasteiger charge is -2.28. The number of anilines is 3. The number of nitrogens with one attached hydrogen (secondary N) is 1. The van der Waals surface area contributed by atoms with Gasteiger partial charge in [-0.15, -0.1) is 0 Å². The number of hydrogen-bond donors (Lipinski definition) is 1. The molecule has 0 aliphatic heterocycles. The second-order valence-electron chi connectivity index (χ2n) is 10.1. The highest BCUT2D eigenvalue weighted by molar-refractivity contribution is 6.09. The summed E-state index contributed by atoms with van der Waals surface area (Å²) in [6, 6.07) is 43.9. The van der Waals surface area contributed by atoms with Gasteiger partial charge in [0.05, 0.1) is 5.69 Å². The quantitative estimate of drug-likeness (QED) is 0.223. The van der Waals surface area contributed by atoms with Crippen LogP contribution in [-0.2, 0) is 0 Å². The van der Waals surface area contributed by atoms with E-state index in [4.69, 9.17) is 0 Å². The molecule has 0 fully saturated rings. The Labute approximate surface area is 225 Å². The first-order chi connectivity index (χ1) is 18.8. The van der Waals surface area contributed by atoms with E-state index in [0.717, 1.165) is 11.4 Å². The highest BCUT2D eigenvalue weighted by Crippen LogP contribution is 2.42. The molecule has 1 aromatic heterocycles. The van der Waals surface area contributed by atoms with Crippen molar-refractivity contribution in [3.05, 3.63) is 127 Å². The zero-order valence-corrected chi connectivity index (χ0v) is 22.2. The van der Waals surface area contributed by atoms with Gasteiger partial charge in [0.1, 0.15) is 0 Å². The smallest absolute Gasteiger partial charge is 0.0540 e. The van der Waals surface area contributed by atoms with Gasteiger partial charge in [-0.2, -0.15) is 0 Å². The molecule has 0 aliphatic carbocycles. The lowest BCUT2D eigenvalue weighted by atomic mass is 9.91. The number of nitrogens with zero attached hydrogens (tertiary/aromatic N) is 1. The Hall–Kier alpha value is -4.30. The summed E-state index contributed by atoms with van der Waals surface area (Å²) in [6.45, 7) is 4.59. The number of hydrogen-bond acceptors (Lipinski definition) is 1. The Kier molecular flexibility index (Phi) is 6.71. The van der Waals surface area contributed by atoms with E-state index in [1.807, 2.05) is 0 Å². The van der Waals surface area contributed by atoms with Gasteiger partial charge in [-0.25, -0.2) is 0 Å². The summed E-state index contributed by atoms with van der Waals surface area (Å²) < 4.78 is 0. The monoisotopic (exact) mass is 494 g/mol. The summed E-state index contributed by atoms with van der Waals surface area (Å²) >= 11 is 0. The lowest BCUT2D eigenvalue weighted by molar-refractivity contribution is 0.596. The first-order valence-electron chi connectivity index (χ1n) is 13.8. The lowest BCUT2D eigenvalue weighted by Crippen LogP contribution is -2.11. The second-order valence-corrected chi connectivity index (χ2v) is 10.1. The Morgan fingerprint density at radius 3 is 2.03 bits per heavy atom. The molecule has 1 atom stereocenters. The normalized spacial score (nSPS) is 12.2. The summed E-state index contributed by atoms with van der Waals surface area (Å²) in [4.78, 5) is 6.04. The van der Waals surface area contributed by atoms with Crippen molar-refractivity contribution in [1.29, 1.82) is 0 Å². The first-order valence-corrected chi connectivity index (χ1v) is 13.8. The van der Waals surface area contributed by atoms with Gasteiger partial charge in [-0.1, -0.05) is 93.1 Å². The van der Waals surface area contributed by atoms with Crippen LogP contribution in [0.5, 0.6) is 0 Å². The highest BCUT2D eigenvalue weighted by atomic mass is 15.1. The van der Waals surface area contributed by atoms with Crippen molar-refractivity contribution >= 4 is 38.9 Å². The second kappa shape index (κ2) is 10.6. The molecule has 0 radical (unpaired) electrons. The predicted molar refractivity (Wildman–Crippen MR) is 164 cm³/mol. The zero-order valence-electron chi connectivity index (χ0n) is 22.2. The summed E-state index contributed by atoms with van der Waals surface area (Å²) in [7, 11) is 0. The van der Waals surface area contributed by atoms with Crippen LogP contribution in [0.4, 0.5) is 17.1 Å². The summed E-state index contributed by atoms with van der Waals surface area (Å²) in [6.07, 6.45) is 3.61. The van der Waals surface area contributed by atoms with Gasteiger partial charge in [-0.05, 0) is 78.4 Å². The number of aromatic amines is 1. The van der Waals surface area contributed by atoms with Crippen LogP contribution in [-0.4, -0.2) is 4.98 Å². The van der Waals surface area contributed by atoms with Crippen molar-refractivity contribution in [3.63, 3.8) is 0 Å². The fraction of sp³-hybridized carbons (Fsp3) is 0.167. The molecule has 1 heterocycles. The molecule has 188 valence electrons. The number of rotatable bonds is 8. The van der Waals surface area contributed by atoms with E-state index in [-0.39, 0.29) is 0 Å². The molecule has 0 amide bonds. The van der Waals surface area contributed by atoms with Crippen LogP contribution in [0.2, 0.25) is 0 Å². The van der Waals surface area contributed by atoms with E-state index < -0.39 is 0 Å². The summed E-state index contributed by atoms with van der Waals surface area (Å²) in [5.41, 5.74) is 9.70. The SMILES string of the molecule is CCCC(CC)c1ccc2[nH]c3ccc(N(c4ccccc4)c4ccccc4-c4ccccc4)cc3c2c1. The molecule has 2 heteroatoms. The van der Waals surface area contributed by atoms with Gasteiger partial charge >= 0.3 is 0 Å². The van der Waals surface area contributed by atoms with Crippen molar-refractivity contribution in [1.82, 2.24) is 4.98 Å². The number of benzene rings is 5. The standard InChI is InChI=1S/C36H34N2/c1-3-13-26(4-2)28-20-22-34-32(24-28)33-25-30(21-23-35(33)37-34)38(29-16-9-6-10-17-29)36-19-12-11-18-31(36)27-14-7-5-8-15-27/h5-12,14-26,37H,3-4,13H2,1-2H3. The molecule has 0 saturated carbocycles. The number of para-hydroxylation sites is 2. The van der Waals surface area contributed by atoms with Gasteiger partial charge in [0.25, 0.3) is 0 Å². The third-order valence-corrected chi connectivity index (χ3v) is 7.71. The molecule has 1 unspecified atom stereocenters. The number of H-pyrrole nitrogens is 1. The predicted octanol–water partition coefficient (Wildman–Crippen LogP) is 10.8. The average Bonchev–Trinajstić information content (AvgIpc) is 3.35. The van der Waals surface area contributed by atoms with E-state index in [1.54, 1.807) is 0 Å². The van der Waals surface area contributed by atoms with E-state index >= 15 is 0 Å². The van der Waals surface area contributed by atoms with Crippen molar-refractivity contribution < 1.29 is 0 Å². The summed E-state index contributed by atoms with van der Waals surface area (Å²) in [5.74, 6) is 0.607. The van der Waals surface area contributed by atoms with E-state index in [2.05, 4.69) is 145 Å². The van der Waals surface area contributed by atoms with Gasteiger partial charge in [0.15, 0.2) is 0 Å². The van der Waals surface area contributed by atoms with Gasteiger partial charge < -0.3 is 9.88 Å². The number of aromatic nitrogens is 1. The van der Waals surface area contributed by atoms with Gasteiger partial charge in [0.2, 0.25) is 0 Å². The molecule has 0 spiro atoms. The Balaban J connectivity index is 1.55. The van der Waals surface area contributed by atoms with Crippen LogP contribution in [0, 0.1) is 0 Å². The fourth-order valence-corrected chi connectivity index (χ4v) is 5.79. The largest absolute Gasteiger partial charge is 0.355 e. The molecule has 6 rings (SSSR count). The Morgan fingerprint density at radius 1 is 0.632 bits per heavy atom. The van der Waals surface area contributed by atoms with Crippen molar-refractivity contribution in [3.8, 4) is 11.1 Å². The first kappa shape index (κ1) is 24.1. The molecule has 2 nitrogen and oxygen atoms in total. The molecule has 38 heavy (non-hydrogen) atoms. The molecule has 0 saturated heterocycles. The van der Waals surface area contributed by atoms with Crippen LogP contribution in [0.15, 0.2) is 121 Å². The molecule has 5 aromatic carbocycles. The molecule has 0 aliphatic rings. The zero-order chi connectivity index (χ0) is 25.9. The minimum Gasteiger partial charge on any atom is -0.355 e. The Morgan fingerprint density at radius 2 is 1.29 bits per heavy atom. The van der Waals surface area contributed by atoms with Crippen LogP contribution in [0.3, 0.4) is 0 Å². The topological polar surface area (TPSA) is 19.0 Å². The molecule has 0 bridgehead atoms. The minimum absolute atomic E-state index is 0.607. The minimum atomic E-state index is 0.607. The van der Waals surface area contributed by atoms with E-state index in [1.165, 1.54) is 63.4 Å².